The summed E-state index contributed by atoms with van der Waals surface area (Å²) in [6.07, 6.45) is -0.544. The molecule has 2 aromatic heterocycles. The predicted octanol–water partition coefficient (Wildman–Crippen LogP) is 7.87. The van der Waals surface area contributed by atoms with E-state index in [0.717, 1.165) is 34.6 Å². The number of nitrogens with zero attached hydrogens (tertiary/aromatic N) is 2. The first-order valence-corrected chi connectivity index (χ1v) is 13.7. The first-order valence-electron chi connectivity index (χ1n) is 13.7. The van der Waals surface area contributed by atoms with Crippen LogP contribution in [0.2, 0.25) is 0 Å². The molecule has 2 N–H and O–H groups in total. The molecule has 9 heteroatoms. The minimum Gasteiger partial charge on any atom is -0.348 e. The number of carbonyl (C=O) groups is 2. The standard InChI is InChI=1S/C35H25F3N4O2/c36-35(37,38)27-17-15-24(16-18-27)29-8-1-2-9-30(29)34(44)40-28-7-5-6-26(20-28)33(43)39-21-23-11-13-25(14-12-23)31-22-42-19-4-3-10-32(42)41-31/h1-20,22H,21H2,(H,39,43)(H,40,44). The first kappa shape index (κ1) is 28.4. The fraction of sp³-hybridized carbons (Fsp3) is 0.0571. The minimum absolute atomic E-state index is 0.286. The maximum absolute atomic E-state index is 13.2. The molecule has 44 heavy (non-hydrogen) atoms. The second-order valence-electron chi connectivity index (χ2n) is 10.1. The first-order chi connectivity index (χ1) is 21.2. The highest BCUT2D eigenvalue weighted by atomic mass is 19.4. The molecule has 6 rings (SSSR count). The summed E-state index contributed by atoms with van der Waals surface area (Å²) in [6.45, 7) is 0.307. The number of imidazole rings is 1. The molecule has 6 aromatic rings. The molecule has 0 aliphatic rings. The van der Waals surface area contributed by atoms with E-state index in [4.69, 9.17) is 0 Å². The molecule has 0 bridgehead atoms. The molecule has 0 aliphatic heterocycles. The molecular formula is C35H25F3N4O2. The molecule has 2 amide bonds. The fourth-order valence-corrected chi connectivity index (χ4v) is 4.86. The number of pyridine rings is 1. The average Bonchev–Trinajstić information content (AvgIpc) is 3.48. The number of alkyl halides is 3. The molecule has 218 valence electrons. The Morgan fingerprint density at radius 1 is 0.750 bits per heavy atom. The van der Waals surface area contributed by atoms with Crippen LogP contribution in [0.5, 0.6) is 0 Å². The summed E-state index contributed by atoms with van der Waals surface area (Å²) in [5.41, 5.74) is 4.84. The lowest BCUT2D eigenvalue weighted by molar-refractivity contribution is -0.137. The Morgan fingerprint density at radius 3 is 2.23 bits per heavy atom. The summed E-state index contributed by atoms with van der Waals surface area (Å²) >= 11 is 0. The average molecular weight is 591 g/mol. The molecule has 0 fully saturated rings. The Labute approximate surface area is 250 Å². The number of rotatable bonds is 7. The lowest BCUT2D eigenvalue weighted by Crippen LogP contribution is -2.23. The van der Waals surface area contributed by atoms with Crippen molar-refractivity contribution in [3.63, 3.8) is 0 Å². The number of carbonyl (C=O) groups excluding carboxylic acids is 2. The number of hydrogen-bond acceptors (Lipinski definition) is 3. The quantitative estimate of drug-likeness (QED) is 0.199. The summed E-state index contributed by atoms with van der Waals surface area (Å²) in [4.78, 5) is 30.8. The van der Waals surface area contributed by atoms with Crippen molar-refractivity contribution >= 4 is 23.1 Å². The smallest absolute Gasteiger partial charge is 0.348 e. The number of nitrogens with one attached hydrogen (secondary N) is 2. The molecular weight excluding hydrogens is 565 g/mol. The van der Waals surface area contributed by atoms with Gasteiger partial charge in [0.05, 0.1) is 11.3 Å². The highest BCUT2D eigenvalue weighted by molar-refractivity contribution is 6.09. The highest BCUT2D eigenvalue weighted by Gasteiger charge is 2.30. The van der Waals surface area contributed by atoms with E-state index in [-0.39, 0.29) is 11.5 Å². The van der Waals surface area contributed by atoms with Crippen LogP contribution in [0.25, 0.3) is 28.0 Å². The van der Waals surface area contributed by atoms with Gasteiger partial charge < -0.3 is 15.0 Å². The van der Waals surface area contributed by atoms with Crippen molar-refractivity contribution < 1.29 is 22.8 Å². The third-order valence-corrected chi connectivity index (χ3v) is 7.14. The second kappa shape index (κ2) is 11.9. The number of fused-ring (bicyclic) bond motifs is 1. The van der Waals surface area contributed by atoms with Crippen LogP contribution in [-0.4, -0.2) is 21.2 Å². The van der Waals surface area contributed by atoms with Crippen molar-refractivity contribution in [3.8, 4) is 22.4 Å². The van der Waals surface area contributed by atoms with Crippen LogP contribution in [0.15, 0.2) is 128 Å². The fourth-order valence-electron chi connectivity index (χ4n) is 4.86. The van der Waals surface area contributed by atoms with Crippen molar-refractivity contribution in [3.05, 3.63) is 150 Å². The topological polar surface area (TPSA) is 75.5 Å². The second-order valence-corrected chi connectivity index (χ2v) is 10.1. The Balaban J connectivity index is 1.10. The van der Waals surface area contributed by atoms with Gasteiger partial charge in [-0.15, -0.1) is 0 Å². The third kappa shape index (κ3) is 6.22. The number of benzene rings is 4. The zero-order valence-electron chi connectivity index (χ0n) is 23.2. The molecule has 0 spiro atoms. The van der Waals surface area contributed by atoms with Crippen LogP contribution in [0.1, 0.15) is 31.8 Å². The zero-order chi connectivity index (χ0) is 30.7. The highest BCUT2D eigenvalue weighted by Crippen LogP contribution is 2.32. The lowest BCUT2D eigenvalue weighted by atomic mass is 9.98. The molecule has 0 radical (unpaired) electrons. The summed E-state index contributed by atoms with van der Waals surface area (Å²) in [6, 6.07) is 31.5. The van der Waals surface area contributed by atoms with Gasteiger partial charge in [0.2, 0.25) is 0 Å². The Morgan fingerprint density at radius 2 is 1.48 bits per heavy atom. The van der Waals surface area contributed by atoms with Gasteiger partial charge in [0.15, 0.2) is 0 Å². The van der Waals surface area contributed by atoms with Crippen LogP contribution < -0.4 is 10.6 Å². The monoisotopic (exact) mass is 590 g/mol. The van der Waals surface area contributed by atoms with Crippen molar-refractivity contribution in [2.24, 2.45) is 0 Å². The van der Waals surface area contributed by atoms with E-state index in [1.807, 2.05) is 59.3 Å². The van der Waals surface area contributed by atoms with Crippen LogP contribution in [-0.2, 0) is 12.7 Å². The summed E-state index contributed by atoms with van der Waals surface area (Å²) in [5, 5.41) is 5.70. The molecule has 0 saturated carbocycles. The normalized spacial score (nSPS) is 11.3. The van der Waals surface area contributed by atoms with Crippen molar-refractivity contribution in [2.75, 3.05) is 5.32 Å². The van der Waals surface area contributed by atoms with E-state index >= 15 is 0 Å². The number of amides is 2. The van der Waals surface area contributed by atoms with Gasteiger partial charge in [-0.2, -0.15) is 13.2 Å². The van der Waals surface area contributed by atoms with Crippen LogP contribution in [0.4, 0.5) is 18.9 Å². The van der Waals surface area contributed by atoms with E-state index in [0.29, 0.717) is 28.9 Å². The van der Waals surface area contributed by atoms with E-state index in [1.54, 1.807) is 48.5 Å². The molecule has 0 unspecified atom stereocenters. The van der Waals surface area contributed by atoms with E-state index in [1.165, 1.54) is 12.1 Å². The van der Waals surface area contributed by atoms with E-state index < -0.39 is 17.6 Å². The SMILES string of the molecule is O=C(NCc1ccc(-c2cn3ccccc3n2)cc1)c1cccc(NC(=O)c2ccccc2-c2ccc(C(F)(F)F)cc2)c1. The van der Waals surface area contributed by atoms with Gasteiger partial charge in [-0.1, -0.05) is 66.7 Å². The molecule has 6 nitrogen and oxygen atoms in total. The van der Waals surface area contributed by atoms with Gasteiger partial charge >= 0.3 is 6.18 Å². The van der Waals surface area contributed by atoms with Crippen LogP contribution >= 0.6 is 0 Å². The summed E-state index contributed by atoms with van der Waals surface area (Å²) in [5.74, 6) is -0.764. The maximum Gasteiger partial charge on any atom is 0.416 e. The maximum atomic E-state index is 13.2. The van der Waals surface area contributed by atoms with Crippen molar-refractivity contribution in [1.82, 2.24) is 14.7 Å². The van der Waals surface area contributed by atoms with Gasteiger partial charge in [-0.25, -0.2) is 4.98 Å². The Kier molecular flexibility index (Phi) is 7.68. The summed E-state index contributed by atoms with van der Waals surface area (Å²) < 4.78 is 41.0. The number of aromatic nitrogens is 2. The molecule has 0 atom stereocenters. The predicted molar refractivity (Wildman–Crippen MR) is 163 cm³/mol. The summed E-state index contributed by atoms with van der Waals surface area (Å²) in [7, 11) is 0. The Bertz CT molecular complexity index is 1930. The van der Waals surface area contributed by atoms with Gasteiger partial charge in [0.1, 0.15) is 5.65 Å². The molecule has 0 aliphatic carbocycles. The van der Waals surface area contributed by atoms with E-state index in [2.05, 4.69) is 15.6 Å². The van der Waals surface area contributed by atoms with Crippen molar-refractivity contribution in [2.45, 2.75) is 12.7 Å². The zero-order valence-corrected chi connectivity index (χ0v) is 23.2. The van der Waals surface area contributed by atoms with Crippen molar-refractivity contribution in [1.29, 1.82) is 0 Å². The van der Waals surface area contributed by atoms with Gasteiger partial charge in [-0.05, 0) is 65.2 Å². The third-order valence-electron chi connectivity index (χ3n) is 7.14. The minimum atomic E-state index is -4.45. The van der Waals surface area contributed by atoms with Gasteiger partial charge in [0, 0.05) is 41.3 Å². The number of hydrogen-bond donors (Lipinski definition) is 2. The molecule has 2 heterocycles. The Hall–Kier alpha value is -5.70. The molecule has 0 saturated heterocycles. The van der Waals surface area contributed by atoms with E-state index in [9.17, 15) is 22.8 Å². The largest absolute Gasteiger partial charge is 0.416 e. The van der Waals surface area contributed by atoms with Crippen LogP contribution in [0, 0.1) is 0 Å². The lowest BCUT2D eigenvalue weighted by Gasteiger charge is -2.13. The number of halogens is 3. The van der Waals surface area contributed by atoms with Gasteiger partial charge in [-0.3, -0.25) is 9.59 Å². The van der Waals surface area contributed by atoms with Gasteiger partial charge in [0.25, 0.3) is 11.8 Å². The number of anilines is 1. The van der Waals surface area contributed by atoms with Crippen LogP contribution in [0.3, 0.4) is 0 Å². The molecule has 4 aromatic carbocycles.